The lowest BCUT2D eigenvalue weighted by Gasteiger charge is -2.15. The molecular weight excluding hydrogens is 439 g/mol. The van der Waals surface area contributed by atoms with Gasteiger partial charge in [-0.15, -0.1) is 0 Å². The summed E-state index contributed by atoms with van der Waals surface area (Å²) in [6, 6.07) is 5.00. The molecule has 3 N–H and O–H groups in total. The van der Waals surface area contributed by atoms with E-state index in [1.807, 2.05) is 0 Å². The van der Waals surface area contributed by atoms with Crippen molar-refractivity contribution in [1.82, 2.24) is 14.1 Å². The molecule has 31 heavy (non-hydrogen) atoms. The van der Waals surface area contributed by atoms with Crippen molar-refractivity contribution in [2.45, 2.75) is 57.4 Å². The second kappa shape index (κ2) is 10.3. The molecular formula is C22H33ClFN4O2S+. The van der Waals surface area contributed by atoms with E-state index in [-0.39, 0.29) is 34.1 Å². The molecule has 2 aromatic rings. The molecule has 0 atom stereocenters. The minimum atomic E-state index is -3.62. The van der Waals surface area contributed by atoms with E-state index in [2.05, 4.69) is 33.4 Å². The first-order valence-electron chi connectivity index (χ1n) is 10.3. The summed E-state index contributed by atoms with van der Waals surface area (Å²) in [6.45, 7) is 8.69. The second-order valence-corrected chi connectivity index (χ2v) is 10.9. The summed E-state index contributed by atoms with van der Waals surface area (Å²) in [7, 11) is -0.679. The zero-order valence-electron chi connectivity index (χ0n) is 19.1. The number of rotatable bonds is 9. The fraction of sp³-hybridized carbons (Fsp3) is 0.500. The van der Waals surface area contributed by atoms with E-state index in [0.717, 1.165) is 26.8 Å². The molecule has 1 heterocycles. The van der Waals surface area contributed by atoms with E-state index in [1.165, 1.54) is 26.2 Å². The van der Waals surface area contributed by atoms with Gasteiger partial charge in [-0.3, -0.25) is 4.68 Å². The van der Waals surface area contributed by atoms with Gasteiger partial charge in [0.1, 0.15) is 10.7 Å². The molecule has 0 aliphatic carbocycles. The lowest BCUT2D eigenvalue weighted by Crippen LogP contribution is -2.49. The zero-order chi connectivity index (χ0) is 23.5. The number of halogens is 2. The van der Waals surface area contributed by atoms with Crippen LogP contribution in [0, 0.1) is 0 Å². The number of hydrogen-bond donors (Lipinski definition) is 1. The highest BCUT2D eigenvalue weighted by Gasteiger charge is 2.24. The first-order valence-corrected chi connectivity index (χ1v) is 12.2. The number of benzene rings is 1. The summed E-state index contributed by atoms with van der Waals surface area (Å²) in [5.41, 5.74) is 7.46. The van der Waals surface area contributed by atoms with Gasteiger partial charge in [-0.1, -0.05) is 45.4 Å². The largest absolute Gasteiger partial charge is 0.354 e. The SMILES string of the molecule is CC(C)c1nn(C/C(F)=C/C[NH3+])c(C(C)C)c1Cc1ccc(S(=O)(=O)N(C)C)c(Cl)c1. The Bertz CT molecular complexity index is 1060. The molecule has 0 saturated heterocycles. The van der Waals surface area contributed by atoms with Gasteiger partial charge in [0.2, 0.25) is 10.0 Å². The van der Waals surface area contributed by atoms with Crippen LogP contribution in [0.2, 0.25) is 5.02 Å². The second-order valence-electron chi connectivity index (χ2n) is 8.38. The standard InChI is InChI=1S/C22H32ClFN4O2S/c1-14(2)21-18(22(15(3)4)28(26-21)13-17(24)9-10-25)11-16-7-8-20(19(23)12-16)31(29,30)27(5)6/h7-9,12,14-15H,10-11,13,25H2,1-6H3/p+1/b17-9-. The molecule has 9 heteroatoms. The quantitative estimate of drug-likeness (QED) is 0.605. The first-order chi connectivity index (χ1) is 14.4. The molecule has 0 saturated carbocycles. The smallest absolute Gasteiger partial charge is 0.244 e. The molecule has 0 unspecified atom stereocenters. The molecule has 0 spiro atoms. The van der Waals surface area contributed by atoms with Crippen molar-refractivity contribution in [1.29, 1.82) is 0 Å². The summed E-state index contributed by atoms with van der Waals surface area (Å²) >= 11 is 6.35. The average molecular weight is 472 g/mol. The third-order valence-electron chi connectivity index (χ3n) is 5.02. The maximum absolute atomic E-state index is 14.3. The highest BCUT2D eigenvalue weighted by Crippen LogP contribution is 2.32. The number of nitrogens with zero attached hydrogens (tertiary/aromatic N) is 3. The summed E-state index contributed by atoms with van der Waals surface area (Å²) in [6.07, 6.45) is 1.99. The summed E-state index contributed by atoms with van der Waals surface area (Å²) in [5.74, 6) is 0.0199. The minimum absolute atomic E-state index is 0.0729. The van der Waals surface area contributed by atoms with Crippen molar-refractivity contribution in [2.24, 2.45) is 0 Å². The monoisotopic (exact) mass is 471 g/mol. The maximum atomic E-state index is 14.3. The van der Waals surface area contributed by atoms with E-state index in [1.54, 1.807) is 16.8 Å². The Labute approximate surface area is 189 Å². The van der Waals surface area contributed by atoms with Crippen molar-refractivity contribution in [3.05, 3.63) is 57.6 Å². The van der Waals surface area contributed by atoms with E-state index < -0.39 is 10.0 Å². The number of allylic oxidation sites excluding steroid dienone is 1. The highest BCUT2D eigenvalue weighted by molar-refractivity contribution is 7.89. The van der Waals surface area contributed by atoms with Crippen LogP contribution in [0.25, 0.3) is 0 Å². The van der Waals surface area contributed by atoms with Crippen LogP contribution in [0.15, 0.2) is 35.0 Å². The summed E-state index contributed by atoms with van der Waals surface area (Å²) in [4.78, 5) is 0.0761. The van der Waals surface area contributed by atoms with Crippen molar-refractivity contribution in [3.8, 4) is 0 Å². The van der Waals surface area contributed by atoms with Crippen molar-refractivity contribution in [2.75, 3.05) is 20.6 Å². The average Bonchev–Trinajstić information content (AvgIpc) is 2.99. The summed E-state index contributed by atoms with van der Waals surface area (Å²) in [5, 5.41) is 4.91. The van der Waals surface area contributed by atoms with Crippen molar-refractivity contribution >= 4 is 21.6 Å². The van der Waals surface area contributed by atoms with Crippen LogP contribution in [-0.2, 0) is 23.0 Å². The van der Waals surface area contributed by atoms with Crippen molar-refractivity contribution in [3.63, 3.8) is 0 Å². The Hall–Kier alpha value is -1.74. The molecule has 0 aliphatic rings. The van der Waals surface area contributed by atoms with Crippen LogP contribution in [0.5, 0.6) is 0 Å². The normalized spacial score (nSPS) is 13.1. The fourth-order valence-electron chi connectivity index (χ4n) is 3.57. The molecule has 0 amide bonds. The minimum Gasteiger partial charge on any atom is -0.354 e. The Morgan fingerprint density at radius 2 is 1.90 bits per heavy atom. The molecule has 0 fully saturated rings. The van der Waals surface area contributed by atoms with Gasteiger partial charge in [0, 0.05) is 37.8 Å². The van der Waals surface area contributed by atoms with E-state index in [9.17, 15) is 12.8 Å². The zero-order valence-corrected chi connectivity index (χ0v) is 20.7. The number of quaternary nitrogens is 1. The van der Waals surface area contributed by atoms with Crippen LogP contribution in [0.4, 0.5) is 4.39 Å². The molecule has 0 radical (unpaired) electrons. The Kier molecular flexibility index (Phi) is 8.44. The van der Waals surface area contributed by atoms with Crippen molar-refractivity contribution < 1.29 is 18.5 Å². The maximum Gasteiger partial charge on any atom is 0.244 e. The molecule has 0 bridgehead atoms. The Morgan fingerprint density at radius 1 is 1.26 bits per heavy atom. The number of hydrogen-bond acceptors (Lipinski definition) is 3. The molecule has 2 rings (SSSR count). The van der Waals surface area contributed by atoms with Gasteiger partial charge in [-0.05, 0) is 29.5 Å². The van der Waals surface area contributed by atoms with Crippen LogP contribution in [0.3, 0.4) is 0 Å². The predicted molar refractivity (Wildman–Crippen MR) is 122 cm³/mol. The van der Waals surface area contributed by atoms with E-state index >= 15 is 0 Å². The van der Waals surface area contributed by atoms with Gasteiger partial charge in [-0.25, -0.2) is 17.1 Å². The third-order valence-corrected chi connectivity index (χ3v) is 7.32. The number of sulfonamides is 1. The van der Waals surface area contributed by atoms with Gasteiger partial charge in [0.15, 0.2) is 0 Å². The highest BCUT2D eigenvalue weighted by atomic mass is 35.5. The van der Waals surface area contributed by atoms with Crippen LogP contribution in [-0.4, -0.2) is 43.1 Å². The first kappa shape index (κ1) is 25.5. The molecule has 6 nitrogen and oxygen atoms in total. The lowest BCUT2D eigenvalue weighted by atomic mass is 9.94. The van der Waals surface area contributed by atoms with E-state index in [4.69, 9.17) is 16.7 Å². The molecule has 1 aromatic carbocycles. The van der Waals surface area contributed by atoms with Crippen LogP contribution >= 0.6 is 11.6 Å². The summed E-state index contributed by atoms with van der Waals surface area (Å²) < 4.78 is 42.0. The lowest BCUT2D eigenvalue weighted by molar-refractivity contribution is -0.353. The molecule has 1 aromatic heterocycles. The number of aromatic nitrogens is 2. The van der Waals surface area contributed by atoms with Gasteiger partial charge < -0.3 is 5.73 Å². The fourth-order valence-corrected chi connectivity index (χ4v) is 5.01. The van der Waals surface area contributed by atoms with Crippen LogP contribution in [0.1, 0.15) is 62.0 Å². The van der Waals surface area contributed by atoms with Gasteiger partial charge in [-0.2, -0.15) is 5.10 Å². The van der Waals surface area contributed by atoms with Crippen LogP contribution < -0.4 is 5.73 Å². The van der Waals surface area contributed by atoms with Gasteiger partial charge >= 0.3 is 0 Å². The Balaban J connectivity index is 2.54. The Morgan fingerprint density at radius 3 is 2.39 bits per heavy atom. The molecule has 0 aliphatic heterocycles. The topological polar surface area (TPSA) is 82.8 Å². The van der Waals surface area contributed by atoms with Gasteiger partial charge in [0.05, 0.1) is 23.8 Å². The molecule has 172 valence electrons. The predicted octanol–water partition coefficient (Wildman–Crippen LogP) is 3.72. The van der Waals surface area contributed by atoms with Gasteiger partial charge in [0.25, 0.3) is 0 Å². The third kappa shape index (κ3) is 5.74. The van der Waals surface area contributed by atoms with E-state index in [0.29, 0.717) is 13.0 Å².